The van der Waals surface area contributed by atoms with Crippen molar-refractivity contribution in [3.8, 4) is 6.07 Å². The van der Waals surface area contributed by atoms with Gasteiger partial charge in [-0.25, -0.2) is 4.98 Å². The van der Waals surface area contributed by atoms with Gasteiger partial charge in [-0.05, 0) is 13.8 Å². The minimum absolute atomic E-state index is 0.0457. The van der Waals surface area contributed by atoms with Gasteiger partial charge in [0, 0.05) is 34.0 Å². The van der Waals surface area contributed by atoms with Crippen LogP contribution in [0, 0.1) is 11.3 Å². The molecule has 1 aliphatic heterocycles. The highest BCUT2D eigenvalue weighted by atomic mass is 16.7. The van der Waals surface area contributed by atoms with Gasteiger partial charge in [0.05, 0.1) is 6.54 Å². The molecule has 1 aromatic rings. The monoisotopic (exact) mass is 482 g/mol. The number of carbonyl (C=O) groups is 3. The molecule has 1 aromatic heterocycles. The van der Waals surface area contributed by atoms with Crippen molar-refractivity contribution >= 4 is 23.7 Å². The van der Waals surface area contributed by atoms with E-state index in [1.807, 2.05) is 19.9 Å². The van der Waals surface area contributed by atoms with Crippen LogP contribution in [0.2, 0.25) is 0 Å². The summed E-state index contributed by atoms with van der Waals surface area (Å²) in [5.74, 6) is -1.60. The molecule has 2 heterocycles. The summed E-state index contributed by atoms with van der Waals surface area (Å²) in [5.41, 5.74) is 0.0457. The van der Waals surface area contributed by atoms with Crippen molar-refractivity contribution in [2.45, 2.75) is 65.4 Å². The van der Waals surface area contributed by atoms with Crippen LogP contribution in [0.5, 0.6) is 0 Å². The molecule has 4 atom stereocenters. The van der Waals surface area contributed by atoms with E-state index in [0.29, 0.717) is 13.2 Å². The molecular formula is C21H30N4O9. The molecular weight excluding hydrogens is 452 g/mol. The molecule has 0 saturated carbocycles. The van der Waals surface area contributed by atoms with Gasteiger partial charge in [0.2, 0.25) is 0 Å². The number of carbonyl (C=O) groups excluding carboxylic acids is 3. The zero-order chi connectivity index (χ0) is 25.3. The summed E-state index contributed by atoms with van der Waals surface area (Å²) in [7, 11) is 0. The highest BCUT2D eigenvalue weighted by molar-refractivity contribution is 5.68. The van der Waals surface area contributed by atoms with Gasteiger partial charge < -0.3 is 33.7 Å². The number of imidazole rings is 1. The van der Waals surface area contributed by atoms with Crippen LogP contribution in [0.1, 0.15) is 46.5 Å². The smallest absolute Gasteiger partial charge is 0.303 e. The number of nitrogens with zero attached hydrogens (tertiary/aromatic N) is 3. The number of hydrogen-bond donors (Lipinski definition) is 1. The van der Waals surface area contributed by atoms with Crippen LogP contribution in [0.4, 0.5) is 5.82 Å². The van der Waals surface area contributed by atoms with Crippen molar-refractivity contribution < 1.29 is 42.8 Å². The van der Waals surface area contributed by atoms with Gasteiger partial charge in [-0.2, -0.15) is 5.26 Å². The first-order valence-corrected chi connectivity index (χ1v) is 10.8. The highest BCUT2D eigenvalue weighted by Crippen LogP contribution is 2.37. The Labute approximate surface area is 197 Å². The average Bonchev–Trinajstić information content (AvgIpc) is 3.31. The van der Waals surface area contributed by atoms with Crippen molar-refractivity contribution in [1.82, 2.24) is 9.55 Å². The highest BCUT2D eigenvalue weighted by Gasteiger charge is 2.51. The standard InChI is InChI=1S/C21H30N4O9/c1-6-29-17(30-7-2)9-23-20-15(8-22)24-11-25(20)21-19(33-14(5)28)18(32-13(4)27)16(34-21)10-31-12(3)26/h11,16-19,21,23H,6-7,9-10H2,1-5H3/t16-,18-,19-,21-/m1/s1. The SMILES string of the molecule is CCOC(CNc1c(C#N)ncn1[C@@H]1O[C@H](COC(C)=O)[C@@H](OC(C)=O)[C@H]1OC(C)=O)OCC. The van der Waals surface area contributed by atoms with Crippen LogP contribution in [0.15, 0.2) is 6.33 Å². The van der Waals surface area contributed by atoms with Crippen molar-refractivity contribution in [2.75, 3.05) is 31.7 Å². The summed E-state index contributed by atoms with van der Waals surface area (Å²) in [6.07, 6.45) is -3.45. The second kappa shape index (κ2) is 12.9. The van der Waals surface area contributed by atoms with Gasteiger partial charge in [0.1, 0.15) is 30.9 Å². The number of rotatable bonds is 12. The van der Waals surface area contributed by atoms with Crippen LogP contribution in [-0.4, -0.2) is 78.4 Å². The molecule has 34 heavy (non-hydrogen) atoms. The first-order valence-electron chi connectivity index (χ1n) is 10.8. The van der Waals surface area contributed by atoms with Gasteiger partial charge in [-0.1, -0.05) is 0 Å². The number of ether oxygens (including phenoxy) is 6. The van der Waals surface area contributed by atoms with Crippen LogP contribution in [-0.2, 0) is 42.8 Å². The van der Waals surface area contributed by atoms with Crippen molar-refractivity contribution in [3.05, 3.63) is 12.0 Å². The molecule has 1 aliphatic rings. The number of aromatic nitrogens is 2. The molecule has 2 rings (SSSR count). The molecule has 1 saturated heterocycles. The largest absolute Gasteiger partial charge is 0.463 e. The van der Waals surface area contributed by atoms with Crippen LogP contribution < -0.4 is 5.32 Å². The Morgan fingerprint density at radius 3 is 2.26 bits per heavy atom. The number of nitrogens with one attached hydrogen (secondary N) is 1. The minimum atomic E-state index is -1.11. The van der Waals surface area contributed by atoms with E-state index in [2.05, 4.69) is 10.3 Å². The van der Waals surface area contributed by atoms with Crippen LogP contribution in [0.3, 0.4) is 0 Å². The summed E-state index contributed by atoms with van der Waals surface area (Å²) < 4.78 is 34.3. The van der Waals surface area contributed by atoms with Gasteiger partial charge in [0.25, 0.3) is 0 Å². The number of hydrogen-bond acceptors (Lipinski definition) is 12. The second-order valence-corrected chi connectivity index (χ2v) is 7.20. The third-order valence-corrected chi connectivity index (χ3v) is 4.66. The van der Waals surface area contributed by atoms with Gasteiger partial charge >= 0.3 is 17.9 Å². The molecule has 0 amide bonds. The van der Waals surface area contributed by atoms with Crippen molar-refractivity contribution in [3.63, 3.8) is 0 Å². The Balaban J connectivity index is 2.40. The summed E-state index contributed by atoms with van der Waals surface area (Å²) in [6.45, 7) is 8.03. The van der Waals surface area contributed by atoms with E-state index in [0.717, 1.165) is 0 Å². The Bertz CT molecular complexity index is 891. The summed E-state index contributed by atoms with van der Waals surface area (Å²) in [4.78, 5) is 39.0. The molecule has 13 heteroatoms. The Hall–Kier alpha value is -3.21. The van der Waals surface area contributed by atoms with Crippen molar-refractivity contribution in [1.29, 1.82) is 5.26 Å². The van der Waals surface area contributed by atoms with E-state index >= 15 is 0 Å². The Morgan fingerprint density at radius 1 is 1.12 bits per heavy atom. The van der Waals surface area contributed by atoms with E-state index in [4.69, 9.17) is 28.4 Å². The summed E-state index contributed by atoms with van der Waals surface area (Å²) >= 11 is 0. The quantitative estimate of drug-likeness (QED) is 0.255. The fourth-order valence-corrected chi connectivity index (χ4v) is 3.45. The minimum Gasteiger partial charge on any atom is -0.463 e. The molecule has 188 valence electrons. The molecule has 0 aliphatic carbocycles. The normalized spacial score (nSPS) is 21.7. The zero-order valence-electron chi connectivity index (χ0n) is 19.8. The van der Waals surface area contributed by atoms with Crippen LogP contribution in [0.25, 0.3) is 0 Å². The maximum absolute atomic E-state index is 11.9. The van der Waals surface area contributed by atoms with E-state index in [-0.39, 0.29) is 24.7 Å². The summed E-state index contributed by atoms with van der Waals surface area (Å²) in [5, 5.41) is 12.6. The lowest BCUT2D eigenvalue weighted by Crippen LogP contribution is -2.40. The lowest BCUT2D eigenvalue weighted by atomic mass is 10.1. The third-order valence-electron chi connectivity index (χ3n) is 4.66. The predicted molar refractivity (Wildman–Crippen MR) is 114 cm³/mol. The fraction of sp³-hybridized carbons (Fsp3) is 0.667. The molecule has 0 bridgehead atoms. The van der Waals surface area contributed by atoms with E-state index in [1.54, 1.807) is 0 Å². The summed E-state index contributed by atoms with van der Waals surface area (Å²) in [6, 6.07) is 1.98. The maximum atomic E-state index is 11.9. The topological polar surface area (TPSA) is 160 Å². The maximum Gasteiger partial charge on any atom is 0.303 e. The zero-order valence-corrected chi connectivity index (χ0v) is 19.8. The molecule has 1 fully saturated rings. The van der Waals surface area contributed by atoms with Gasteiger partial charge in [-0.3, -0.25) is 19.0 Å². The predicted octanol–water partition coefficient (Wildman–Crippen LogP) is 0.890. The number of nitriles is 1. The van der Waals surface area contributed by atoms with Gasteiger partial charge in [-0.15, -0.1) is 0 Å². The number of esters is 3. The molecule has 0 radical (unpaired) electrons. The second-order valence-electron chi connectivity index (χ2n) is 7.20. The van der Waals surface area contributed by atoms with Gasteiger partial charge in [0.15, 0.2) is 30.4 Å². The first kappa shape index (κ1) is 27.0. The molecule has 0 unspecified atom stereocenters. The third kappa shape index (κ3) is 7.14. The van der Waals surface area contributed by atoms with E-state index < -0.39 is 48.7 Å². The molecule has 0 spiro atoms. The first-order chi connectivity index (χ1) is 16.2. The lowest BCUT2D eigenvalue weighted by molar-refractivity contribution is -0.166. The van der Waals surface area contributed by atoms with E-state index in [1.165, 1.54) is 31.7 Å². The molecule has 1 N–H and O–H groups in total. The molecule has 13 nitrogen and oxygen atoms in total. The van der Waals surface area contributed by atoms with E-state index in [9.17, 15) is 19.6 Å². The molecule has 0 aromatic carbocycles. The van der Waals surface area contributed by atoms with Crippen LogP contribution >= 0.6 is 0 Å². The lowest BCUT2D eigenvalue weighted by Gasteiger charge is -2.25. The number of anilines is 1. The average molecular weight is 482 g/mol. The fourth-order valence-electron chi connectivity index (χ4n) is 3.45. The van der Waals surface area contributed by atoms with Crippen molar-refractivity contribution in [2.24, 2.45) is 0 Å². The Kier molecular flexibility index (Phi) is 10.2. The Morgan fingerprint density at radius 2 is 1.74 bits per heavy atom.